The number of benzene rings is 1. The minimum atomic E-state index is 0.0277. The lowest BCUT2D eigenvalue weighted by atomic mass is 10.0. The second-order valence-electron chi connectivity index (χ2n) is 4.78. The molecule has 100 valence electrons. The molecule has 0 spiro atoms. The van der Waals surface area contributed by atoms with Gasteiger partial charge in [-0.05, 0) is 42.8 Å². The second-order valence-corrected chi connectivity index (χ2v) is 5.69. The van der Waals surface area contributed by atoms with E-state index in [0.717, 1.165) is 22.4 Å². The molecule has 1 amide bonds. The Labute approximate surface area is 118 Å². The molecule has 0 radical (unpaired) electrons. The summed E-state index contributed by atoms with van der Waals surface area (Å²) in [5.74, 6) is 0.0277. The van der Waals surface area contributed by atoms with Gasteiger partial charge in [-0.15, -0.1) is 11.3 Å². The van der Waals surface area contributed by atoms with E-state index in [1.807, 2.05) is 18.4 Å². The molecule has 1 aromatic carbocycles. The first kappa shape index (κ1) is 13.8. The molecule has 19 heavy (non-hydrogen) atoms. The van der Waals surface area contributed by atoms with Gasteiger partial charge in [0.25, 0.3) is 5.91 Å². The van der Waals surface area contributed by atoms with E-state index in [9.17, 15) is 4.79 Å². The number of thiophene rings is 1. The molecule has 0 aliphatic rings. The first-order valence-electron chi connectivity index (χ1n) is 6.53. The van der Waals surface area contributed by atoms with E-state index >= 15 is 0 Å². The van der Waals surface area contributed by atoms with Crippen molar-refractivity contribution in [2.24, 2.45) is 0 Å². The topological polar surface area (TPSA) is 29.1 Å². The highest BCUT2D eigenvalue weighted by atomic mass is 32.1. The van der Waals surface area contributed by atoms with E-state index in [4.69, 9.17) is 0 Å². The maximum atomic E-state index is 12.2. The predicted octanol–water partition coefficient (Wildman–Crippen LogP) is 4.25. The van der Waals surface area contributed by atoms with E-state index in [1.54, 1.807) is 0 Å². The van der Waals surface area contributed by atoms with Gasteiger partial charge in [0.1, 0.15) is 0 Å². The Balaban J connectivity index is 2.13. The van der Waals surface area contributed by atoms with Gasteiger partial charge in [0.15, 0.2) is 0 Å². The fraction of sp³-hybridized carbons (Fsp3) is 0.312. The molecule has 0 saturated carbocycles. The maximum Gasteiger partial charge on any atom is 0.262 e. The number of hydrogen-bond donors (Lipinski definition) is 1. The fourth-order valence-electron chi connectivity index (χ4n) is 2.05. The third-order valence-electron chi connectivity index (χ3n) is 3.26. The maximum absolute atomic E-state index is 12.2. The lowest BCUT2D eigenvalue weighted by Gasteiger charge is -2.17. The largest absolute Gasteiger partial charge is 0.345 e. The Morgan fingerprint density at radius 1 is 1.21 bits per heavy atom. The Kier molecular flexibility index (Phi) is 4.38. The molecule has 1 N–H and O–H groups in total. The zero-order valence-corrected chi connectivity index (χ0v) is 12.4. The van der Waals surface area contributed by atoms with Gasteiger partial charge >= 0.3 is 0 Å². The lowest BCUT2D eigenvalue weighted by Crippen LogP contribution is -2.27. The first-order chi connectivity index (χ1) is 9.11. The van der Waals surface area contributed by atoms with Gasteiger partial charge in [-0.1, -0.05) is 36.8 Å². The summed E-state index contributed by atoms with van der Waals surface area (Å²) in [5.41, 5.74) is 3.44. The first-order valence-corrected chi connectivity index (χ1v) is 7.41. The van der Waals surface area contributed by atoms with Gasteiger partial charge < -0.3 is 5.32 Å². The molecule has 1 heterocycles. The van der Waals surface area contributed by atoms with Crippen molar-refractivity contribution in [2.75, 3.05) is 0 Å². The van der Waals surface area contributed by atoms with Crippen LogP contribution in [0.3, 0.4) is 0 Å². The van der Waals surface area contributed by atoms with Crippen LogP contribution in [0.5, 0.6) is 0 Å². The van der Waals surface area contributed by atoms with Crippen LogP contribution >= 0.6 is 11.3 Å². The van der Waals surface area contributed by atoms with Crippen LogP contribution in [0.15, 0.2) is 35.7 Å². The molecule has 1 unspecified atom stereocenters. The summed E-state index contributed by atoms with van der Waals surface area (Å²) in [5, 5.41) is 5.07. The summed E-state index contributed by atoms with van der Waals surface area (Å²) in [6.45, 7) is 6.13. The van der Waals surface area contributed by atoms with Crippen molar-refractivity contribution in [3.63, 3.8) is 0 Å². The van der Waals surface area contributed by atoms with Crippen molar-refractivity contribution in [1.29, 1.82) is 0 Å². The highest BCUT2D eigenvalue weighted by Gasteiger charge is 2.16. The van der Waals surface area contributed by atoms with Crippen LogP contribution in [0.2, 0.25) is 0 Å². The highest BCUT2D eigenvalue weighted by molar-refractivity contribution is 7.12. The predicted molar refractivity (Wildman–Crippen MR) is 80.7 cm³/mol. The number of rotatable bonds is 4. The molecule has 0 bridgehead atoms. The molecule has 0 fully saturated rings. The van der Waals surface area contributed by atoms with Crippen molar-refractivity contribution < 1.29 is 4.79 Å². The Morgan fingerprint density at radius 3 is 2.42 bits per heavy atom. The number of hydrogen-bond acceptors (Lipinski definition) is 2. The van der Waals surface area contributed by atoms with E-state index in [1.165, 1.54) is 16.9 Å². The number of amides is 1. The Bertz CT molecular complexity index is 556. The normalized spacial score (nSPS) is 12.2. The monoisotopic (exact) mass is 273 g/mol. The zero-order chi connectivity index (χ0) is 13.8. The molecule has 2 nitrogen and oxygen atoms in total. The van der Waals surface area contributed by atoms with Gasteiger partial charge in [-0.3, -0.25) is 4.79 Å². The lowest BCUT2D eigenvalue weighted by molar-refractivity contribution is 0.0939. The van der Waals surface area contributed by atoms with Crippen LogP contribution in [0, 0.1) is 13.8 Å². The molecule has 0 saturated heterocycles. The molecule has 0 aliphatic heterocycles. The van der Waals surface area contributed by atoms with Crippen LogP contribution in [0.25, 0.3) is 0 Å². The fourth-order valence-corrected chi connectivity index (χ4v) is 2.88. The summed E-state index contributed by atoms with van der Waals surface area (Å²) in [6.07, 6.45) is 0.888. The van der Waals surface area contributed by atoms with Crippen LogP contribution in [-0.4, -0.2) is 5.91 Å². The summed E-state index contributed by atoms with van der Waals surface area (Å²) < 4.78 is 0. The van der Waals surface area contributed by atoms with Gasteiger partial charge in [-0.2, -0.15) is 0 Å². The van der Waals surface area contributed by atoms with Crippen LogP contribution < -0.4 is 5.32 Å². The van der Waals surface area contributed by atoms with Crippen molar-refractivity contribution in [3.8, 4) is 0 Å². The molecule has 1 aromatic heterocycles. The van der Waals surface area contributed by atoms with E-state index in [-0.39, 0.29) is 11.9 Å². The van der Waals surface area contributed by atoms with Crippen molar-refractivity contribution >= 4 is 17.2 Å². The summed E-state index contributed by atoms with van der Waals surface area (Å²) in [6, 6.07) is 10.4. The van der Waals surface area contributed by atoms with Gasteiger partial charge in [-0.25, -0.2) is 0 Å². The number of nitrogens with one attached hydrogen (secondary N) is 1. The summed E-state index contributed by atoms with van der Waals surface area (Å²) in [4.78, 5) is 13.0. The zero-order valence-electron chi connectivity index (χ0n) is 11.6. The third kappa shape index (κ3) is 3.24. The van der Waals surface area contributed by atoms with Crippen molar-refractivity contribution in [2.45, 2.75) is 33.2 Å². The minimum Gasteiger partial charge on any atom is -0.345 e. The third-order valence-corrected chi connectivity index (χ3v) is 4.28. The van der Waals surface area contributed by atoms with Gasteiger partial charge in [0.05, 0.1) is 10.9 Å². The molecule has 2 aromatic rings. The number of carbonyl (C=O) groups excluding carboxylic acids is 1. The second kappa shape index (κ2) is 6.02. The molecule has 1 atom stereocenters. The average molecular weight is 273 g/mol. The molecule has 3 heteroatoms. The molecular formula is C16H19NOS. The molecular weight excluding hydrogens is 254 g/mol. The standard InChI is InChI=1S/C16H19NOS/c1-4-14(13-7-5-11(2)6-8-13)17-16(18)15-12(3)9-10-19-15/h5-10,14H,4H2,1-3H3,(H,17,18). The van der Waals surface area contributed by atoms with E-state index in [2.05, 4.69) is 43.4 Å². The number of aryl methyl sites for hydroxylation is 2. The number of carbonyl (C=O) groups is 1. The summed E-state index contributed by atoms with van der Waals surface area (Å²) in [7, 11) is 0. The van der Waals surface area contributed by atoms with Crippen molar-refractivity contribution in [1.82, 2.24) is 5.32 Å². The summed E-state index contributed by atoms with van der Waals surface area (Å²) >= 11 is 1.50. The average Bonchev–Trinajstić information content (AvgIpc) is 2.83. The molecule has 0 aliphatic carbocycles. The van der Waals surface area contributed by atoms with E-state index in [0.29, 0.717) is 0 Å². The Morgan fingerprint density at radius 2 is 1.89 bits per heavy atom. The van der Waals surface area contributed by atoms with Crippen molar-refractivity contribution in [3.05, 3.63) is 57.3 Å². The molecule has 2 rings (SSSR count). The minimum absolute atomic E-state index is 0.0277. The SMILES string of the molecule is CCC(NC(=O)c1sccc1C)c1ccc(C)cc1. The van der Waals surface area contributed by atoms with Gasteiger partial charge in [0, 0.05) is 0 Å². The smallest absolute Gasteiger partial charge is 0.262 e. The Hall–Kier alpha value is -1.61. The quantitative estimate of drug-likeness (QED) is 0.886. The van der Waals surface area contributed by atoms with Crippen LogP contribution in [0.1, 0.15) is 45.7 Å². The van der Waals surface area contributed by atoms with Gasteiger partial charge in [0.2, 0.25) is 0 Å². The van der Waals surface area contributed by atoms with E-state index < -0.39 is 0 Å². The van der Waals surface area contributed by atoms with Crippen LogP contribution in [-0.2, 0) is 0 Å². The highest BCUT2D eigenvalue weighted by Crippen LogP contribution is 2.20. The van der Waals surface area contributed by atoms with Crippen LogP contribution in [0.4, 0.5) is 0 Å².